The standard InChI is InChI=1S/C13H14O4/c1-9(14)12(13(15)17-3)8-10-5-4-6-11(7-10)16-2/h4-8H,1-3H3. The molecule has 90 valence electrons. The van der Waals surface area contributed by atoms with E-state index in [1.165, 1.54) is 20.1 Å². The topological polar surface area (TPSA) is 52.6 Å². The van der Waals surface area contributed by atoms with Gasteiger partial charge in [0.2, 0.25) is 0 Å². The lowest BCUT2D eigenvalue weighted by atomic mass is 10.1. The summed E-state index contributed by atoms with van der Waals surface area (Å²) >= 11 is 0. The largest absolute Gasteiger partial charge is 0.497 e. The predicted molar refractivity (Wildman–Crippen MR) is 63.7 cm³/mol. The number of rotatable bonds is 4. The van der Waals surface area contributed by atoms with Gasteiger partial charge in [0, 0.05) is 0 Å². The van der Waals surface area contributed by atoms with Gasteiger partial charge < -0.3 is 9.47 Å². The van der Waals surface area contributed by atoms with Gasteiger partial charge in [0.05, 0.1) is 14.2 Å². The number of benzene rings is 1. The van der Waals surface area contributed by atoms with Crippen molar-refractivity contribution in [2.75, 3.05) is 14.2 Å². The Bertz CT molecular complexity index is 460. The average molecular weight is 234 g/mol. The van der Waals surface area contributed by atoms with Crippen molar-refractivity contribution in [1.29, 1.82) is 0 Å². The second kappa shape index (κ2) is 5.84. The van der Waals surface area contributed by atoms with Crippen LogP contribution in [0.2, 0.25) is 0 Å². The molecule has 0 bridgehead atoms. The first-order valence-corrected chi connectivity index (χ1v) is 5.03. The summed E-state index contributed by atoms with van der Waals surface area (Å²) in [5.74, 6) is -0.313. The molecule has 1 aromatic rings. The lowest BCUT2D eigenvalue weighted by Gasteiger charge is -2.03. The fourth-order valence-corrected chi connectivity index (χ4v) is 1.31. The molecule has 0 aliphatic rings. The first-order chi connectivity index (χ1) is 8.08. The van der Waals surface area contributed by atoms with Crippen LogP contribution in [0.5, 0.6) is 5.75 Å². The summed E-state index contributed by atoms with van der Waals surface area (Å²) in [6, 6.07) is 7.06. The molecule has 0 amide bonds. The van der Waals surface area contributed by atoms with Crippen molar-refractivity contribution in [3.8, 4) is 5.75 Å². The zero-order valence-corrected chi connectivity index (χ0v) is 10.0. The highest BCUT2D eigenvalue weighted by molar-refractivity contribution is 6.19. The van der Waals surface area contributed by atoms with E-state index in [-0.39, 0.29) is 11.4 Å². The van der Waals surface area contributed by atoms with Crippen molar-refractivity contribution in [2.45, 2.75) is 6.92 Å². The van der Waals surface area contributed by atoms with Crippen LogP contribution in [0.4, 0.5) is 0 Å². The van der Waals surface area contributed by atoms with Gasteiger partial charge >= 0.3 is 5.97 Å². The molecule has 1 aromatic carbocycles. The zero-order chi connectivity index (χ0) is 12.8. The van der Waals surface area contributed by atoms with Crippen LogP contribution >= 0.6 is 0 Å². The molecule has 0 aliphatic carbocycles. The molecule has 17 heavy (non-hydrogen) atoms. The molecular formula is C13H14O4. The highest BCUT2D eigenvalue weighted by Gasteiger charge is 2.14. The third-order valence-electron chi connectivity index (χ3n) is 2.19. The lowest BCUT2D eigenvalue weighted by molar-refractivity contribution is -0.137. The SMILES string of the molecule is COC(=O)C(=Cc1cccc(OC)c1)C(C)=O. The van der Waals surface area contributed by atoms with Gasteiger partial charge in [-0.1, -0.05) is 12.1 Å². The Kier molecular flexibility index (Phi) is 4.46. The minimum Gasteiger partial charge on any atom is -0.497 e. The van der Waals surface area contributed by atoms with Crippen LogP contribution < -0.4 is 4.74 Å². The molecule has 0 saturated carbocycles. The molecule has 0 N–H and O–H groups in total. The molecule has 0 spiro atoms. The van der Waals surface area contributed by atoms with Gasteiger partial charge in [-0.3, -0.25) is 4.79 Å². The Morgan fingerprint density at radius 2 is 1.94 bits per heavy atom. The van der Waals surface area contributed by atoms with Crippen LogP contribution in [-0.4, -0.2) is 26.0 Å². The van der Waals surface area contributed by atoms with Crippen molar-refractivity contribution in [2.24, 2.45) is 0 Å². The van der Waals surface area contributed by atoms with Crippen LogP contribution in [-0.2, 0) is 14.3 Å². The van der Waals surface area contributed by atoms with E-state index in [2.05, 4.69) is 4.74 Å². The third kappa shape index (κ3) is 3.45. The number of carbonyl (C=O) groups is 2. The Hall–Kier alpha value is -2.10. The third-order valence-corrected chi connectivity index (χ3v) is 2.19. The minimum absolute atomic E-state index is 0.0146. The highest BCUT2D eigenvalue weighted by atomic mass is 16.5. The second-order valence-corrected chi connectivity index (χ2v) is 3.38. The fourth-order valence-electron chi connectivity index (χ4n) is 1.31. The summed E-state index contributed by atoms with van der Waals surface area (Å²) in [6.07, 6.45) is 1.48. The van der Waals surface area contributed by atoms with Gasteiger partial charge in [0.15, 0.2) is 5.78 Å². The summed E-state index contributed by atoms with van der Waals surface area (Å²) in [4.78, 5) is 22.7. The van der Waals surface area contributed by atoms with E-state index in [4.69, 9.17) is 4.74 Å². The molecule has 0 saturated heterocycles. The Morgan fingerprint density at radius 1 is 1.24 bits per heavy atom. The number of methoxy groups -OCH3 is 2. The average Bonchev–Trinajstić information content (AvgIpc) is 2.35. The van der Waals surface area contributed by atoms with Crippen molar-refractivity contribution in [1.82, 2.24) is 0 Å². The number of esters is 1. The molecule has 0 unspecified atom stereocenters. The summed E-state index contributed by atoms with van der Waals surface area (Å²) in [5.41, 5.74) is 0.723. The molecule has 0 aliphatic heterocycles. The van der Waals surface area contributed by atoms with Crippen LogP contribution in [0.3, 0.4) is 0 Å². The maximum atomic E-state index is 11.4. The first-order valence-electron chi connectivity index (χ1n) is 5.03. The molecule has 0 heterocycles. The molecular weight excluding hydrogens is 220 g/mol. The normalized spacial score (nSPS) is 10.9. The van der Waals surface area contributed by atoms with Gasteiger partial charge in [0.25, 0.3) is 0 Å². The lowest BCUT2D eigenvalue weighted by Crippen LogP contribution is -2.11. The van der Waals surface area contributed by atoms with E-state index in [1.54, 1.807) is 31.4 Å². The number of hydrogen-bond donors (Lipinski definition) is 0. The molecule has 0 aromatic heterocycles. The highest BCUT2D eigenvalue weighted by Crippen LogP contribution is 2.16. The number of ketones is 1. The molecule has 0 radical (unpaired) electrons. The van der Waals surface area contributed by atoms with Gasteiger partial charge in [0.1, 0.15) is 11.3 Å². The summed E-state index contributed by atoms with van der Waals surface area (Å²) < 4.78 is 9.60. The Labute approximate surface area is 99.8 Å². The molecule has 1 rings (SSSR count). The fraction of sp³-hybridized carbons (Fsp3) is 0.231. The van der Waals surface area contributed by atoms with E-state index in [9.17, 15) is 9.59 Å². The van der Waals surface area contributed by atoms with Crippen molar-refractivity contribution in [3.63, 3.8) is 0 Å². The second-order valence-electron chi connectivity index (χ2n) is 3.38. The monoisotopic (exact) mass is 234 g/mol. The van der Waals surface area contributed by atoms with Gasteiger partial charge in [-0.25, -0.2) is 4.79 Å². The van der Waals surface area contributed by atoms with E-state index in [0.717, 1.165) is 0 Å². The van der Waals surface area contributed by atoms with E-state index < -0.39 is 5.97 Å². The van der Waals surface area contributed by atoms with E-state index in [1.807, 2.05) is 0 Å². The Morgan fingerprint density at radius 3 is 2.47 bits per heavy atom. The smallest absolute Gasteiger partial charge is 0.341 e. The van der Waals surface area contributed by atoms with E-state index in [0.29, 0.717) is 11.3 Å². The van der Waals surface area contributed by atoms with Gasteiger partial charge in [-0.15, -0.1) is 0 Å². The predicted octanol–water partition coefficient (Wildman–Crippen LogP) is 1.84. The number of Topliss-reactive ketones (excluding diaryl/α,β-unsaturated/α-hetero) is 1. The van der Waals surface area contributed by atoms with Crippen molar-refractivity contribution in [3.05, 3.63) is 35.4 Å². The minimum atomic E-state index is -0.639. The van der Waals surface area contributed by atoms with Crippen LogP contribution in [0.15, 0.2) is 29.8 Å². The van der Waals surface area contributed by atoms with E-state index >= 15 is 0 Å². The van der Waals surface area contributed by atoms with Crippen molar-refractivity contribution >= 4 is 17.8 Å². The molecule has 4 nitrogen and oxygen atoms in total. The number of hydrogen-bond acceptors (Lipinski definition) is 4. The molecule has 0 atom stereocenters. The van der Waals surface area contributed by atoms with Crippen LogP contribution in [0, 0.1) is 0 Å². The van der Waals surface area contributed by atoms with Crippen LogP contribution in [0.1, 0.15) is 12.5 Å². The molecule has 4 heteroatoms. The zero-order valence-electron chi connectivity index (χ0n) is 10.0. The summed E-state index contributed by atoms with van der Waals surface area (Å²) in [5, 5.41) is 0. The van der Waals surface area contributed by atoms with Gasteiger partial charge in [-0.2, -0.15) is 0 Å². The van der Waals surface area contributed by atoms with Crippen LogP contribution in [0.25, 0.3) is 6.08 Å². The molecule has 0 fully saturated rings. The maximum absolute atomic E-state index is 11.4. The quantitative estimate of drug-likeness (QED) is 0.345. The first kappa shape index (κ1) is 13.0. The summed E-state index contributed by atoms with van der Waals surface area (Å²) in [7, 11) is 2.79. The number of ether oxygens (including phenoxy) is 2. The van der Waals surface area contributed by atoms with Crippen molar-refractivity contribution < 1.29 is 19.1 Å². The Balaban J connectivity index is 3.12. The summed E-state index contributed by atoms with van der Waals surface area (Å²) in [6.45, 7) is 1.32. The maximum Gasteiger partial charge on any atom is 0.341 e. The van der Waals surface area contributed by atoms with Gasteiger partial charge in [-0.05, 0) is 30.7 Å². The number of carbonyl (C=O) groups excluding carboxylic acids is 2.